The zero-order valence-corrected chi connectivity index (χ0v) is 23.4. The lowest BCUT2D eigenvalue weighted by atomic mass is 10.1. The van der Waals surface area contributed by atoms with Crippen molar-refractivity contribution < 1.29 is 16.8 Å². The summed E-state index contributed by atoms with van der Waals surface area (Å²) in [4.78, 5) is 31.4. The van der Waals surface area contributed by atoms with Crippen LogP contribution >= 0.6 is 0 Å². The van der Waals surface area contributed by atoms with Gasteiger partial charge in [0.1, 0.15) is 17.5 Å². The molecule has 4 rings (SSSR count). The van der Waals surface area contributed by atoms with Gasteiger partial charge in [-0.3, -0.25) is 9.59 Å². The summed E-state index contributed by atoms with van der Waals surface area (Å²) in [5, 5.41) is 5.49. The molecule has 2 N–H and O–H groups in total. The second kappa shape index (κ2) is 15.8. The molecule has 0 fully saturated rings. The van der Waals surface area contributed by atoms with Crippen molar-refractivity contribution in [3.05, 3.63) is 97.1 Å². The van der Waals surface area contributed by atoms with E-state index in [1.54, 1.807) is 42.7 Å². The zero-order valence-electron chi connectivity index (χ0n) is 23.4. The monoisotopic (exact) mass is 532 g/mol. The summed E-state index contributed by atoms with van der Waals surface area (Å²) in [6.07, 6.45) is 3.26. The zero-order chi connectivity index (χ0) is 28.8. The highest BCUT2D eigenvalue weighted by Crippen LogP contribution is 2.23. The van der Waals surface area contributed by atoms with E-state index in [0.717, 1.165) is 11.1 Å². The van der Waals surface area contributed by atoms with Gasteiger partial charge in [-0.2, -0.15) is 0 Å². The number of amides is 2. The van der Waals surface area contributed by atoms with Crippen LogP contribution in [0.5, 0.6) is 0 Å². The first-order chi connectivity index (χ1) is 18.7. The smallest absolute Gasteiger partial charge is 0.228 e. The number of halogens is 1. The summed E-state index contributed by atoms with van der Waals surface area (Å²) in [7, 11) is 0. The van der Waals surface area contributed by atoms with E-state index in [1.807, 2.05) is 84.0 Å². The van der Waals surface area contributed by atoms with Gasteiger partial charge < -0.3 is 10.6 Å². The Labute approximate surface area is 233 Å². The molecule has 2 aromatic heterocycles. The average Bonchev–Trinajstić information content (AvgIpc) is 2.96. The predicted octanol–water partition coefficient (Wildman–Crippen LogP) is 8.34. The maximum Gasteiger partial charge on any atom is 0.228 e. The molecule has 6 nitrogen and oxygen atoms in total. The standard InChI is InChI=1S/C15H15FN2O.C15H16N2O.C2H6.2H2/c1-10(2)15(19)18-14-8-7-11(9-17-14)12-5-3-4-6-13(12)16;1-11(2)15(18)17-14-10-13(8-9-16-14)12-6-4-3-5-7-12;1-2;;/h3-10H,1-2H3,(H,17,18,19);3-11H,1-2H3,(H,16,17,18);1-2H3;2*1H. The fourth-order valence-corrected chi connectivity index (χ4v) is 3.17. The molecular formula is C32H41FN4O2. The molecule has 2 heterocycles. The van der Waals surface area contributed by atoms with Crippen LogP contribution in [0.4, 0.5) is 16.0 Å². The number of rotatable bonds is 6. The van der Waals surface area contributed by atoms with E-state index < -0.39 is 0 Å². The molecule has 0 saturated heterocycles. The molecule has 0 atom stereocenters. The van der Waals surface area contributed by atoms with E-state index >= 15 is 0 Å². The fraction of sp³-hybridized carbons (Fsp3) is 0.250. The minimum atomic E-state index is -0.289. The molecule has 0 aliphatic carbocycles. The molecule has 0 saturated carbocycles. The van der Waals surface area contributed by atoms with Gasteiger partial charge in [-0.1, -0.05) is 90.1 Å². The van der Waals surface area contributed by atoms with Crippen molar-refractivity contribution in [2.24, 2.45) is 11.8 Å². The summed E-state index contributed by atoms with van der Waals surface area (Å²) < 4.78 is 13.6. The van der Waals surface area contributed by atoms with E-state index in [1.165, 1.54) is 6.07 Å². The summed E-state index contributed by atoms with van der Waals surface area (Å²) in [5.41, 5.74) is 3.34. The predicted molar refractivity (Wildman–Crippen MR) is 162 cm³/mol. The summed E-state index contributed by atoms with van der Waals surface area (Å²) in [5.74, 6) is 0.510. The highest BCUT2D eigenvalue weighted by atomic mass is 19.1. The third-order valence-corrected chi connectivity index (χ3v) is 5.37. The van der Waals surface area contributed by atoms with E-state index in [0.29, 0.717) is 22.8 Å². The van der Waals surface area contributed by atoms with Gasteiger partial charge in [-0.15, -0.1) is 0 Å². The molecule has 0 spiro atoms. The Bertz CT molecular complexity index is 1340. The number of anilines is 2. The number of hydrogen-bond acceptors (Lipinski definition) is 4. The lowest BCUT2D eigenvalue weighted by molar-refractivity contribution is -0.119. The van der Waals surface area contributed by atoms with Gasteiger partial charge in [-0.05, 0) is 41.5 Å². The molecule has 39 heavy (non-hydrogen) atoms. The van der Waals surface area contributed by atoms with Gasteiger partial charge in [0.2, 0.25) is 11.8 Å². The summed E-state index contributed by atoms with van der Waals surface area (Å²) >= 11 is 0. The maximum atomic E-state index is 13.6. The summed E-state index contributed by atoms with van der Waals surface area (Å²) in [6.45, 7) is 11.3. The highest BCUT2D eigenvalue weighted by molar-refractivity contribution is 5.92. The molecule has 0 unspecified atom stereocenters. The van der Waals surface area contributed by atoms with Gasteiger partial charge in [0.25, 0.3) is 0 Å². The van der Waals surface area contributed by atoms with Crippen LogP contribution in [0.2, 0.25) is 0 Å². The number of carbonyl (C=O) groups excluding carboxylic acids is 2. The lowest BCUT2D eigenvalue weighted by Gasteiger charge is -2.08. The van der Waals surface area contributed by atoms with Crippen molar-refractivity contribution in [3.63, 3.8) is 0 Å². The average molecular weight is 533 g/mol. The molecular weight excluding hydrogens is 491 g/mol. The third kappa shape index (κ3) is 9.78. The van der Waals surface area contributed by atoms with Gasteiger partial charge >= 0.3 is 0 Å². The largest absolute Gasteiger partial charge is 0.310 e. The number of benzene rings is 2. The molecule has 2 amide bonds. The Hall–Kier alpha value is -4.39. The molecule has 0 radical (unpaired) electrons. The number of carbonyl (C=O) groups is 2. The third-order valence-electron chi connectivity index (χ3n) is 5.37. The van der Waals surface area contributed by atoms with E-state index in [-0.39, 0.29) is 32.3 Å². The Kier molecular flexibility index (Phi) is 12.5. The van der Waals surface area contributed by atoms with Gasteiger partial charge in [-0.25, -0.2) is 14.4 Å². The van der Waals surface area contributed by atoms with Gasteiger partial charge in [0.05, 0.1) is 0 Å². The lowest BCUT2D eigenvalue weighted by Crippen LogP contribution is -2.18. The van der Waals surface area contributed by atoms with Gasteiger partial charge in [0, 0.05) is 38.2 Å². The first-order valence-corrected chi connectivity index (χ1v) is 13.1. The molecule has 0 aliphatic heterocycles. The molecule has 0 bridgehead atoms. The minimum absolute atomic E-state index is 0. The summed E-state index contributed by atoms with van der Waals surface area (Å²) in [6, 6.07) is 23.8. The number of aromatic nitrogens is 2. The van der Waals surface area contributed by atoms with Crippen LogP contribution in [0, 0.1) is 17.7 Å². The number of hydrogen-bond donors (Lipinski definition) is 2. The van der Waals surface area contributed by atoms with Crippen LogP contribution in [0.15, 0.2) is 91.3 Å². The molecule has 7 heteroatoms. The topological polar surface area (TPSA) is 84.0 Å². The first kappa shape index (κ1) is 30.8. The van der Waals surface area contributed by atoms with Crippen LogP contribution in [-0.2, 0) is 9.59 Å². The van der Waals surface area contributed by atoms with Crippen LogP contribution < -0.4 is 10.6 Å². The van der Waals surface area contributed by atoms with E-state index in [9.17, 15) is 14.0 Å². The van der Waals surface area contributed by atoms with E-state index in [2.05, 4.69) is 20.6 Å². The Morgan fingerprint density at radius 2 is 1.28 bits per heavy atom. The quantitative estimate of drug-likeness (QED) is 0.261. The van der Waals surface area contributed by atoms with Crippen LogP contribution in [-0.4, -0.2) is 21.8 Å². The van der Waals surface area contributed by atoms with Gasteiger partial charge in [0.15, 0.2) is 0 Å². The van der Waals surface area contributed by atoms with Crippen molar-refractivity contribution in [2.45, 2.75) is 41.5 Å². The Morgan fingerprint density at radius 3 is 1.85 bits per heavy atom. The fourth-order valence-electron chi connectivity index (χ4n) is 3.17. The number of pyridine rings is 2. The SMILES string of the molecule is CC.CC(C)C(=O)Nc1cc(-c2ccccc2)ccn1.CC(C)C(=O)Nc1ccc(-c2ccccc2F)cn1.[HH].[HH]. The minimum Gasteiger partial charge on any atom is -0.310 e. The van der Waals surface area contributed by atoms with Crippen LogP contribution in [0.3, 0.4) is 0 Å². The Balaban J connectivity index is 0.000000704. The van der Waals surface area contributed by atoms with Crippen molar-refractivity contribution in [2.75, 3.05) is 10.6 Å². The van der Waals surface area contributed by atoms with Crippen molar-refractivity contribution in [3.8, 4) is 22.3 Å². The van der Waals surface area contributed by atoms with Crippen LogP contribution in [0.1, 0.15) is 44.4 Å². The molecule has 0 aliphatic rings. The van der Waals surface area contributed by atoms with E-state index in [4.69, 9.17) is 0 Å². The molecule has 208 valence electrons. The molecule has 2 aromatic carbocycles. The second-order valence-corrected chi connectivity index (χ2v) is 9.00. The Morgan fingerprint density at radius 1 is 0.692 bits per heavy atom. The number of nitrogens with zero attached hydrogens (tertiary/aromatic N) is 2. The van der Waals surface area contributed by atoms with Crippen LogP contribution in [0.25, 0.3) is 22.3 Å². The number of nitrogens with one attached hydrogen (secondary N) is 2. The first-order valence-electron chi connectivity index (χ1n) is 13.1. The maximum absolute atomic E-state index is 13.6. The highest BCUT2D eigenvalue weighted by Gasteiger charge is 2.10. The second-order valence-electron chi connectivity index (χ2n) is 9.00. The van der Waals surface area contributed by atoms with Crippen molar-refractivity contribution in [1.29, 1.82) is 0 Å². The van der Waals surface area contributed by atoms with Crippen molar-refractivity contribution >= 4 is 23.5 Å². The molecule has 4 aromatic rings. The normalized spacial score (nSPS) is 10.1. The van der Waals surface area contributed by atoms with Crippen molar-refractivity contribution in [1.82, 2.24) is 9.97 Å².